The van der Waals surface area contributed by atoms with E-state index in [-0.39, 0.29) is 0 Å². The second-order valence-corrected chi connectivity index (χ2v) is 6.16. The Morgan fingerprint density at radius 3 is 2.80 bits per heavy atom. The lowest BCUT2D eigenvalue weighted by Gasteiger charge is -2.31. The van der Waals surface area contributed by atoms with Gasteiger partial charge in [0.05, 0.1) is 0 Å². The molecule has 1 aromatic carbocycles. The zero-order valence-corrected chi connectivity index (χ0v) is 12.6. The van der Waals surface area contributed by atoms with Crippen LogP contribution in [0.15, 0.2) is 30.5 Å². The Bertz CT molecular complexity index is 535. The molecule has 0 radical (unpaired) electrons. The molecular weight excluding hydrogens is 244 g/mol. The summed E-state index contributed by atoms with van der Waals surface area (Å²) in [6, 6.07) is 8.62. The summed E-state index contributed by atoms with van der Waals surface area (Å²) in [5, 5.41) is 1.40. The van der Waals surface area contributed by atoms with Crippen LogP contribution in [-0.2, 0) is 6.42 Å². The fraction of sp³-hybridized carbons (Fsp3) is 0.556. The van der Waals surface area contributed by atoms with Gasteiger partial charge in [0.1, 0.15) is 0 Å². The normalized spacial score (nSPS) is 17.9. The maximum Gasteiger partial charge on any atom is 0.0456 e. The number of para-hydroxylation sites is 1. The number of aryl methyl sites for hydroxylation is 1. The zero-order chi connectivity index (χ0) is 13.8. The van der Waals surface area contributed by atoms with Gasteiger partial charge < -0.3 is 9.88 Å². The molecule has 1 N–H and O–H groups in total. The summed E-state index contributed by atoms with van der Waals surface area (Å²) in [5.41, 5.74) is 2.75. The number of hydrogen-bond acceptors (Lipinski definition) is 1. The maximum absolute atomic E-state index is 3.38. The van der Waals surface area contributed by atoms with E-state index in [0.717, 1.165) is 5.92 Å². The van der Waals surface area contributed by atoms with Crippen LogP contribution in [0.3, 0.4) is 0 Å². The average Bonchev–Trinajstić information content (AvgIpc) is 2.92. The van der Waals surface area contributed by atoms with Gasteiger partial charge in [-0.3, -0.25) is 0 Å². The fourth-order valence-electron chi connectivity index (χ4n) is 3.45. The Kier molecular flexibility index (Phi) is 4.41. The summed E-state index contributed by atoms with van der Waals surface area (Å²) in [6.45, 7) is 6.21. The van der Waals surface area contributed by atoms with Crippen molar-refractivity contribution in [2.45, 2.75) is 39.0 Å². The molecule has 2 heteroatoms. The summed E-state index contributed by atoms with van der Waals surface area (Å²) in [7, 11) is 0. The number of aromatic amines is 1. The van der Waals surface area contributed by atoms with E-state index < -0.39 is 0 Å². The van der Waals surface area contributed by atoms with Gasteiger partial charge in [0, 0.05) is 17.1 Å². The zero-order valence-electron chi connectivity index (χ0n) is 12.6. The first-order chi connectivity index (χ1) is 9.86. The molecule has 2 nitrogen and oxygen atoms in total. The van der Waals surface area contributed by atoms with Crippen molar-refractivity contribution >= 4 is 10.9 Å². The Hall–Kier alpha value is -1.28. The van der Waals surface area contributed by atoms with E-state index in [9.17, 15) is 0 Å². The maximum atomic E-state index is 3.38. The minimum absolute atomic E-state index is 0.986. The van der Waals surface area contributed by atoms with Crippen molar-refractivity contribution in [1.29, 1.82) is 0 Å². The molecule has 1 fully saturated rings. The van der Waals surface area contributed by atoms with E-state index in [1.54, 1.807) is 0 Å². The van der Waals surface area contributed by atoms with Crippen molar-refractivity contribution < 1.29 is 0 Å². The Balaban J connectivity index is 1.48. The Morgan fingerprint density at radius 2 is 2.00 bits per heavy atom. The second kappa shape index (κ2) is 6.45. The molecule has 108 valence electrons. The van der Waals surface area contributed by atoms with E-state index >= 15 is 0 Å². The van der Waals surface area contributed by atoms with Gasteiger partial charge in [0.15, 0.2) is 0 Å². The van der Waals surface area contributed by atoms with E-state index in [2.05, 4.69) is 47.3 Å². The van der Waals surface area contributed by atoms with Crippen LogP contribution in [-0.4, -0.2) is 29.5 Å². The summed E-state index contributed by atoms with van der Waals surface area (Å²) in [5.74, 6) is 0.986. The van der Waals surface area contributed by atoms with Gasteiger partial charge in [-0.05, 0) is 62.9 Å². The van der Waals surface area contributed by atoms with E-state index in [1.165, 1.54) is 68.2 Å². The molecule has 2 heterocycles. The fourth-order valence-corrected chi connectivity index (χ4v) is 3.45. The molecule has 0 aliphatic carbocycles. The van der Waals surface area contributed by atoms with Crippen LogP contribution in [0.1, 0.15) is 38.2 Å². The molecule has 20 heavy (non-hydrogen) atoms. The third-order valence-electron chi connectivity index (χ3n) is 4.88. The Morgan fingerprint density at radius 1 is 1.20 bits per heavy atom. The quantitative estimate of drug-likeness (QED) is 0.861. The van der Waals surface area contributed by atoms with Crippen molar-refractivity contribution in [3.63, 3.8) is 0 Å². The van der Waals surface area contributed by atoms with Crippen molar-refractivity contribution in [3.05, 3.63) is 36.0 Å². The highest BCUT2D eigenvalue weighted by molar-refractivity contribution is 5.82. The number of aromatic nitrogens is 1. The van der Waals surface area contributed by atoms with Gasteiger partial charge in [-0.1, -0.05) is 31.5 Å². The molecule has 0 bridgehead atoms. The lowest BCUT2D eigenvalue weighted by molar-refractivity contribution is 0.180. The van der Waals surface area contributed by atoms with Gasteiger partial charge in [-0.15, -0.1) is 0 Å². The molecule has 2 aromatic rings. The predicted octanol–water partition coefficient (Wildman–Crippen LogP) is 4.22. The van der Waals surface area contributed by atoms with Gasteiger partial charge >= 0.3 is 0 Å². The summed E-state index contributed by atoms with van der Waals surface area (Å²) < 4.78 is 0. The summed E-state index contributed by atoms with van der Waals surface area (Å²) >= 11 is 0. The highest BCUT2D eigenvalue weighted by Crippen LogP contribution is 2.21. The number of piperidine rings is 1. The van der Waals surface area contributed by atoms with Crippen molar-refractivity contribution in [3.8, 4) is 0 Å². The van der Waals surface area contributed by atoms with E-state index in [4.69, 9.17) is 0 Å². The Labute approximate surface area is 122 Å². The number of nitrogens with zero attached hydrogens (tertiary/aromatic N) is 1. The number of fused-ring (bicyclic) bond motifs is 1. The van der Waals surface area contributed by atoms with E-state index in [0.29, 0.717) is 0 Å². The largest absolute Gasteiger partial charge is 0.361 e. The summed E-state index contributed by atoms with van der Waals surface area (Å²) in [6.07, 6.45) is 8.83. The van der Waals surface area contributed by atoms with Crippen LogP contribution in [0, 0.1) is 5.92 Å². The number of likely N-dealkylation sites (tertiary alicyclic amines) is 1. The number of rotatable bonds is 5. The van der Waals surface area contributed by atoms with Crippen LogP contribution < -0.4 is 0 Å². The van der Waals surface area contributed by atoms with Crippen LogP contribution in [0.4, 0.5) is 0 Å². The third-order valence-corrected chi connectivity index (χ3v) is 4.88. The van der Waals surface area contributed by atoms with Gasteiger partial charge in [-0.25, -0.2) is 0 Å². The van der Waals surface area contributed by atoms with Gasteiger partial charge in [-0.2, -0.15) is 0 Å². The minimum atomic E-state index is 0.986. The number of H-pyrrole nitrogens is 1. The van der Waals surface area contributed by atoms with E-state index in [1.807, 2.05) is 0 Å². The predicted molar refractivity (Wildman–Crippen MR) is 86.1 cm³/mol. The molecular formula is C18H26N2. The van der Waals surface area contributed by atoms with Crippen LogP contribution >= 0.6 is 0 Å². The smallest absolute Gasteiger partial charge is 0.0456 e. The number of hydrogen-bond donors (Lipinski definition) is 1. The molecule has 1 saturated heterocycles. The van der Waals surface area contributed by atoms with Crippen molar-refractivity contribution in [2.75, 3.05) is 19.6 Å². The van der Waals surface area contributed by atoms with Crippen LogP contribution in [0.5, 0.6) is 0 Å². The second-order valence-electron chi connectivity index (χ2n) is 6.16. The van der Waals surface area contributed by atoms with Crippen LogP contribution in [0.2, 0.25) is 0 Å². The lowest BCUT2D eigenvalue weighted by atomic mass is 9.94. The first-order valence-corrected chi connectivity index (χ1v) is 8.14. The highest BCUT2D eigenvalue weighted by atomic mass is 15.1. The topological polar surface area (TPSA) is 19.0 Å². The highest BCUT2D eigenvalue weighted by Gasteiger charge is 2.17. The number of nitrogens with one attached hydrogen (secondary N) is 1. The molecule has 1 aliphatic rings. The van der Waals surface area contributed by atoms with Crippen LogP contribution in [0.25, 0.3) is 10.9 Å². The first kappa shape index (κ1) is 13.7. The molecule has 0 unspecified atom stereocenters. The number of benzene rings is 1. The SMILES string of the molecule is CCC1CCN(CCCc2c[nH]c3ccccc23)CC1. The van der Waals surface area contributed by atoms with Gasteiger partial charge in [0.2, 0.25) is 0 Å². The van der Waals surface area contributed by atoms with Crippen molar-refractivity contribution in [2.24, 2.45) is 5.92 Å². The molecule has 0 atom stereocenters. The van der Waals surface area contributed by atoms with Crippen molar-refractivity contribution in [1.82, 2.24) is 9.88 Å². The first-order valence-electron chi connectivity index (χ1n) is 8.14. The third kappa shape index (κ3) is 3.06. The molecule has 0 saturated carbocycles. The molecule has 0 spiro atoms. The lowest BCUT2D eigenvalue weighted by Crippen LogP contribution is -2.34. The molecule has 1 aliphatic heterocycles. The summed E-state index contributed by atoms with van der Waals surface area (Å²) in [4.78, 5) is 6.03. The van der Waals surface area contributed by atoms with Gasteiger partial charge in [0.25, 0.3) is 0 Å². The molecule has 0 amide bonds. The minimum Gasteiger partial charge on any atom is -0.361 e. The average molecular weight is 270 g/mol. The standard InChI is InChI=1S/C18H26N2/c1-2-15-9-12-20(13-10-15)11-5-6-16-14-19-18-8-4-3-7-17(16)18/h3-4,7-8,14-15,19H,2,5-6,9-13H2,1H3. The monoisotopic (exact) mass is 270 g/mol. The molecule has 3 rings (SSSR count). The molecule has 1 aromatic heterocycles.